The van der Waals surface area contributed by atoms with Crippen LogP contribution < -0.4 is 0 Å². The standard InChI is InChI=1S/C22H30O3/c1-13(2)19(23)9-7-16(5)17-8-6-14(3)10-18(17)22-20(24)11-15(4)12-21(22)25/h10-12,17-19,23-25H,1,5-9H2,2-4H3/t17-,18+,19+/m0/s1. The Bertz CT molecular complexity index is 676. The van der Waals surface area contributed by atoms with Gasteiger partial charge in [0.05, 0.1) is 6.10 Å². The van der Waals surface area contributed by atoms with Crippen LogP contribution in [0.15, 0.2) is 48.1 Å². The molecule has 0 heterocycles. The van der Waals surface area contributed by atoms with Crippen molar-refractivity contribution in [2.45, 2.75) is 58.5 Å². The molecule has 0 saturated carbocycles. The van der Waals surface area contributed by atoms with Crippen LogP contribution in [0.3, 0.4) is 0 Å². The first-order chi connectivity index (χ1) is 11.7. The summed E-state index contributed by atoms with van der Waals surface area (Å²) in [6.45, 7) is 13.8. The topological polar surface area (TPSA) is 60.7 Å². The number of benzene rings is 1. The smallest absolute Gasteiger partial charge is 0.123 e. The highest BCUT2D eigenvalue weighted by Gasteiger charge is 2.31. The van der Waals surface area contributed by atoms with Crippen LogP contribution in [-0.2, 0) is 0 Å². The molecule has 136 valence electrons. The van der Waals surface area contributed by atoms with Crippen molar-refractivity contribution in [3.05, 3.63) is 59.2 Å². The van der Waals surface area contributed by atoms with E-state index in [2.05, 4.69) is 26.2 Å². The predicted molar refractivity (Wildman–Crippen MR) is 103 cm³/mol. The second-order valence-corrected chi connectivity index (χ2v) is 7.46. The summed E-state index contributed by atoms with van der Waals surface area (Å²) in [6.07, 6.45) is 4.84. The first kappa shape index (κ1) is 19.3. The summed E-state index contributed by atoms with van der Waals surface area (Å²) in [5.41, 5.74) is 4.48. The van der Waals surface area contributed by atoms with Gasteiger partial charge in [-0.05, 0) is 70.1 Å². The number of aliphatic hydroxyl groups is 1. The third-order valence-electron chi connectivity index (χ3n) is 5.19. The molecule has 3 atom stereocenters. The van der Waals surface area contributed by atoms with Crippen molar-refractivity contribution in [2.75, 3.05) is 0 Å². The molecule has 0 unspecified atom stereocenters. The quantitative estimate of drug-likeness (QED) is 0.629. The minimum atomic E-state index is -0.516. The number of allylic oxidation sites excluding steroid dienone is 3. The molecule has 0 aliphatic heterocycles. The van der Waals surface area contributed by atoms with Crippen LogP contribution in [-0.4, -0.2) is 21.4 Å². The maximum Gasteiger partial charge on any atom is 0.123 e. The number of rotatable bonds is 6. The number of phenols is 2. The number of aryl methyl sites for hydroxylation is 1. The van der Waals surface area contributed by atoms with E-state index in [1.54, 1.807) is 12.1 Å². The Kier molecular flexibility index (Phi) is 6.12. The fourth-order valence-electron chi connectivity index (χ4n) is 3.67. The fraction of sp³-hybridized carbons (Fsp3) is 0.455. The van der Waals surface area contributed by atoms with Gasteiger partial charge >= 0.3 is 0 Å². The Morgan fingerprint density at radius 3 is 2.36 bits per heavy atom. The predicted octanol–water partition coefficient (Wildman–Crippen LogP) is 5.12. The molecular weight excluding hydrogens is 312 g/mol. The molecule has 0 saturated heterocycles. The van der Waals surface area contributed by atoms with Crippen molar-refractivity contribution in [1.29, 1.82) is 0 Å². The van der Waals surface area contributed by atoms with Crippen LogP contribution in [0.1, 0.15) is 56.6 Å². The third kappa shape index (κ3) is 4.55. The Balaban J connectivity index is 2.29. The van der Waals surface area contributed by atoms with Gasteiger partial charge in [0.15, 0.2) is 0 Å². The highest BCUT2D eigenvalue weighted by molar-refractivity contribution is 5.51. The number of hydrogen-bond donors (Lipinski definition) is 3. The fourth-order valence-corrected chi connectivity index (χ4v) is 3.67. The molecule has 1 aromatic rings. The molecule has 3 heteroatoms. The summed E-state index contributed by atoms with van der Waals surface area (Å²) in [4.78, 5) is 0. The van der Waals surface area contributed by atoms with E-state index in [-0.39, 0.29) is 23.3 Å². The second-order valence-electron chi connectivity index (χ2n) is 7.46. The molecule has 0 radical (unpaired) electrons. The van der Waals surface area contributed by atoms with E-state index in [1.165, 1.54) is 5.57 Å². The first-order valence-electron chi connectivity index (χ1n) is 8.91. The van der Waals surface area contributed by atoms with Gasteiger partial charge in [-0.1, -0.05) is 36.0 Å². The Hall–Kier alpha value is -2.00. The van der Waals surface area contributed by atoms with Crippen molar-refractivity contribution >= 4 is 0 Å². The molecule has 2 rings (SSSR count). The van der Waals surface area contributed by atoms with E-state index in [1.807, 2.05) is 13.8 Å². The van der Waals surface area contributed by atoms with Gasteiger partial charge in [-0.15, -0.1) is 0 Å². The molecule has 0 spiro atoms. The van der Waals surface area contributed by atoms with Crippen molar-refractivity contribution in [3.8, 4) is 11.5 Å². The molecule has 3 N–H and O–H groups in total. The maximum atomic E-state index is 10.4. The van der Waals surface area contributed by atoms with Crippen molar-refractivity contribution < 1.29 is 15.3 Å². The van der Waals surface area contributed by atoms with Crippen molar-refractivity contribution in [3.63, 3.8) is 0 Å². The zero-order chi connectivity index (χ0) is 18.7. The van der Waals surface area contributed by atoms with Crippen LogP contribution in [0.4, 0.5) is 0 Å². The van der Waals surface area contributed by atoms with Gasteiger partial charge in [-0.2, -0.15) is 0 Å². The minimum Gasteiger partial charge on any atom is -0.507 e. The molecule has 3 nitrogen and oxygen atoms in total. The monoisotopic (exact) mass is 342 g/mol. The summed E-state index contributed by atoms with van der Waals surface area (Å²) < 4.78 is 0. The van der Waals surface area contributed by atoms with E-state index in [0.717, 1.165) is 29.6 Å². The lowest BCUT2D eigenvalue weighted by Crippen LogP contribution is -2.19. The molecule has 1 aliphatic rings. The van der Waals surface area contributed by atoms with E-state index < -0.39 is 6.10 Å². The lowest BCUT2D eigenvalue weighted by molar-refractivity contribution is 0.199. The summed E-state index contributed by atoms with van der Waals surface area (Å²) in [7, 11) is 0. The van der Waals surface area contributed by atoms with E-state index in [9.17, 15) is 15.3 Å². The minimum absolute atomic E-state index is 0.0937. The van der Waals surface area contributed by atoms with Crippen LogP contribution in [0, 0.1) is 12.8 Å². The van der Waals surface area contributed by atoms with Crippen LogP contribution in [0.25, 0.3) is 0 Å². The zero-order valence-corrected chi connectivity index (χ0v) is 15.5. The molecular formula is C22H30O3. The second kappa shape index (κ2) is 7.92. The van der Waals surface area contributed by atoms with Crippen LogP contribution in [0.5, 0.6) is 11.5 Å². The van der Waals surface area contributed by atoms with Gasteiger partial charge in [-0.25, -0.2) is 0 Å². The van der Waals surface area contributed by atoms with Crippen molar-refractivity contribution in [1.82, 2.24) is 0 Å². The SMILES string of the molecule is C=C(C)[C@H](O)CCC(=C)[C@@H]1CCC(C)=C[C@H]1c1c(O)cc(C)cc1O. The Labute approximate surface area is 151 Å². The average Bonchev–Trinajstić information content (AvgIpc) is 2.51. The lowest BCUT2D eigenvalue weighted by Gasteiger charge is -2.33. The summed E-state index contributed by atoms with van der Waals surface area (Å²) in [5, 5.41) is 30.8. The normalized spacial score (nSPS) is 21.5. The van der Waals surface area contributed by atoms with Crippen LogP contribution in [0.2, 0.25) is 0 Å². The van der Waals surface area contributed by atoms with Gasteiger partial charge in [0.25, 0.3) is 0 Å². The lowest BCUT2D eigenvalue weighted by atomic mass is 9.72. The van der Waals surface area contributed by atoms with Crippen molar-refractivity contribution in [2.24, 2.45) is 5.92 Å². The largest absolute Gasteiger partial charge is 0.507 e. The first-order valence-corrected chi connectivity index (χ1v) is 8.91. The Morgan fingerprint density at radius 2 is 1.80 bits per heavy atom. The van der Waals surface area contributed by atoms with Gasteiger partial charge < -0.3 is 15.3 Å². The molecule has 1 aromatic carbocycles. The average molecular weight is 342 g/mol. The molecule has 0 amide bonds. The van der Waals surface area contributed by atoms with E-state index >= 15 is 0 Å². The molecule has 1 aliphatic carbocycles. The molecule has 0 fully saturated rings. The molecule has 0 aromatic heterocycles. The number of hydrogen-bond acceptors (Lipinski definition) is 3. The molecule has 0 bridgehead atoms. The van der Waals surface area contributed by atoms with Gasteiger partial charge in [0.2, 0.25) is 0 Å². The molecule has 25 heavy (non-hydrogen) atoms. The van der Waals surface area contributed by atoms with E-state index in [0.29, 0.717) is 18.4 Å². The Morgan fingerprint density at radius 1 is 1.20 bits per heavy atom. The highest BCUT2D eigenvalue weighted by Crippen LogP contribution is 2.47. The van der Waals surface area contributed by atoms with E-state index in [4.69, 9.17) is 0 Å². The highest BCUT2D eigenvalue weighted by atomic mass is 16.3. The number of phenolic OH excluding ortho intramolecular Hbond substituents is 2. The third-order valence-corrected chi connectivity index (χ3v) is 5.19. The van der Waals surface area contributed by atoms with Gasteiger partial charge in [0, 0.05) is 11.5 Å². The zero-order valence-electron chi connectivity index (χ0n) is 15.5. The van der Waals surface area contributed by atoms with Gasteiger partial charge in [0.1, 0.15) is 11.5 Å². The van der Waals surface area contributed by atoms with Gasteiger partial charge in [-0.3, -0.25) is 0 Å². The summed E-state index contributed by atoms with van der Waals surface area (Å²) in [6, 6.07) is 3.38. The summed E-state index contributed by atoms with van der Waals surface area (Å²) in [5.74, 6) is 0.311. The summed E-state index contributed by atoms with van der Waals surface area (Å²) >= 11 is 0. The number of aromatic hydroxyl groups is 2. The number of aliphatic hydroxyl groups excluding tert-OH is 1. The van der Waals surface area contributed by atoms with Crippen LogP contribution >= 0.6 is 0 Å². The maximum absolute atomic E-state index is 10.4.